The van der Waals surface area contributed by atoms with Crippen molar-refractivity contribution in [1.29, 1.82) is 0 Å². The molecule has 0 aliphatic heterocycles. The van der Waals surface area contributed by atoms with Crippen LogP contribution in [0.4, 0.5) is 5.69 Å². The number of rotatable bonds is 4. The molecule has 0 radical (unpaired) electrons. The Balaban J connectivity index is 2.16. The summed E-state index contributed by atoms with van der Waals surface area (Å²) >= 11 is 3.29. The van der Waals surface area contributed by atoms with Crippen LogP contribution in [-0.2, 0) is 10.0 Å². The highest BCUT2D eigenvalue weighted by molar-refractivity contribution is 9.10. The third-order valence-corrected chi connectivity index (χ3v) is 4.06. The Kier molecular flexibility index (Phi) is 4.39. The standard InChI is InChI=1S/C14H12BrNO2S/c15-13-8-4-5-9-14(13)16-19(17,18)11-10-12-6-2-1-3-7-12/h1-11,16H/b11-10+. The Morgan fingerprint density at radius 2 is 1.58 bits per heavy atom. The van der Waals surface area contributed by atoms with Crippen molar-refractivity contribution in [2.75, 3.05) is 4.72 Å². The largest absolute Gasteiger partial charge is 0.279 e. The second-order valence-corrected chi connectivity index (χ2v) is 6.26. The van der Waals surface area contributed by atoms with E-state index in [-0.39, 0.29) is 0 Å². The van der Waals surface area contributed by atoms with Crippen LogP contribution in [0.1, 0.15) is 5.56 Å². The van der Waals surface area contributed by atoms with Crippen molar-refractivity contribution in [2.24, 2.45) is 0 Å². The minimum absolute atomic E-state index is 0.514. The second-order valence-electron chi connectivity index (χ2n) is 3.84. The van der Waals surface area contributed by atoms with Crippen molar-refractivity contribution in [3.05, 3.63) is 70.0 Å². The summed E-state index contributed by atoms with van der Waals surface area (Å²) in [6.45, 7) is 0. The maximum absolute atomic E-state index is 11.9. The van der Waals surface area contributed by atoms with Gasteiger partial charge >= 0.3 is 0 Å². The van der Waals surface area contributed by atoms with Gasteiger partial charge in [0.1, 0.15) is 0 Å². The van der Waals surface area contributed by atoms with E-state index in [9.17, 15) is 8.42 Å². The maximum Gasteiger partial charge on any atom is 0.255 e. The van der Waals surface area contributed by atoms with Gasteiger partial charge in [-0.2, -0.15) is 0 Å². The molecule has 19 heavy (non-hydrogen) atoms. The van der Waals surface area contributed by atoms with Crippen LogP contribution in [0.25, 0.3) is 6.08 Å². The van der Waals surface area contributed by atoms with Gasteiger partial charge in [0.25, 0.3) is 10.0 Å². The van der Waals surface area contributed by atoms with Crippen LogP contribution >= 0.6 is 15.9 Å². The Morgan fingerprint density at radius 3 is 2.26 bits per heavy atom. The average molecular weight is 338 g/mol. The molecule has 0 saturated carbocycles. The van der Waals surface area contributed by atoms with Crippen LogP contribution in [0.15, 0.2) is 64.5 Å². The van der Waals surface area contributed by atoms with Gasteiger partial charge in [0.05, 0.1) is 11.1 Å². The third kappa shape index (κ3) is 4.22. The highest BCUT2D eigenvalue weighted by Gasteiger charge is 2.07. The summed E-state index contributed by atoms with van der Waals surface area (Å²) in [5, 5.41) is 1.15. The van der Waals surface area contributed by atoms with Crippen LogP contribution in [0.5, 0.6) is 0 Å². The first-order chi connectivity index (χ1) is 9.07. The minimum atomic E-state index is -3.52. The zero-order valence-electron chi connectivity index (χ0n) is 9.95. The first-order valence-corrected chi connectivity index (χ1v) is 7.91. The number of para-hydroxylation sites is 1. The summed E-state index contributed by atoms with van der Waals surface area (Å²) in [6, 6.07) is 16.3. The van der Waals surface area contributed by atoms with Gasteiger partial charge in [-0.15, -0.1) is 0 Å². The Bertz CT molecular complexity index is 682. The van der Waals surface area contributed by atoms with E-state index in [0.717, 1.165) is 11.0 Å². The van der Waals surface area contributed by atoms with E-state index in [1.807, 2.05) is 36.4 Å². The van der Waals surface area contributed by atoms with Crippen LogP contribution in [0, 0.1) is 0 Å². The summed E-state index contributed by atoms with van der Waals surface area (Å²) in [4.78, 5) is 0. The smallest absolute Gasteiger partial charge is 0.255 e. The van der Waals surface area contributed by atoms with Crippen molar-refractivity contribution >= 4 is 37.7 Å². The minimum Gasteiger partial charge on any atom is -0.279 e. The highest BCUT2D eigenvalue weighted by atomic mass is 79.9. The molecule has 0 bridgehead atoms. The van der Waals surface area contributed by atoms with Crippen LogP contribution in [0.2, 0.25) is 0 Å². The molecule has 98 valence electrons. The van der Waals surface area contributed by atoms with Gasteiger partial charge in [0.2, 0.25) is 0 Å². The molecule has 0 heterocycles. The first kappa shape index (κ1) is 13.8. The lowest BCUT2D eigenvalue weighted by atomic mass is 10.2. The van der Waals surface area contributed by atoms with E-state index in [2.05, 4.69) is 20.7 Å². The molecule has 0 fully saturated rings. The van der Waals surface area contributed by atoms with Crippen molar-refractivity contribution in [3.8, 4) is 0 Å². The quantitative estimate of drug-likeness (QED) is 0.920. The molecule has 2 rings (SSSR count). The third-order valence-electron chi connectivity index (χ3n) is 2.37. The lowest BCUT2D eigenvalue weighted by Crippen LogP contribution is -2.09. The van der Waals surface area contributed by atoms with Crippen molar-refractivity contribution < 1.29 is 8.42 Å². The van der Waals surface area contributed by atoms with E-state index in [1.54, 1.807) is 24.3 Å². The van der Waals surface area contributed by atoms with Crippen molar-refractivity contribution in [3.63, 3.8) is 0 Å². The maximum atomic E-state index is 11.9. The normalized spacial score (nSPS) is 11.6. The lowest BCUT2D eigenvalue weighted by molar-refractivity contribution is 0.609. The van der Waals surface area contributed by atoms with E-state index >= 15 is 0 Å². The van der Waals surface area contributed by atoms with Crippen molar-refractivity contribution in [2.45, 2.75) is 0 Å². The molecule has 1 N–H and O–H groups in total. The number of hydrogen-bond acceptors (Lipinski definition) is 2. The van der Waals surface area contributed by atoms with Gasteiger partial charge in [-0.3, -0.25) is 4.72 Å². The van der Waals surface area contributed by atoms with Gasteiger partial charge in [-0.05, 0) is 39.7 Å². The number of hydrogen-bond donors (Lipinski definition) is 1. The fourth-order valence-electron chi connectivity index (χ4n) is 1.46. The zero-order valence-corrected chi connectivity index (χ0v) is 12.4. The second kappa shape index (κ2) is 6.04. The molecule has 0 atom stereocenters. The zero-order chi connectivity index (χ0) is 13.7. The summed E-state index contributed by atoms with van der Waals surface area (Å²) < 4.78 is 27.0. The topological polar surface area (TPSA) is 46.2 Å². The molecule has 0 aliphatic carbocycles. The molecule has 3 nitrogen and oxygen atoms in total. The number of sulfonamides is 1. The predicted molar refractivity (Wildman–Crippen MR) is 82.2 cm³/mol. The SMILES string of the molecule is O=S(=O)(/C=C/c1ccccc1)Nc1ccccc1Br. The Labute approximate surface area is 121 Å². The molecule has 0 unspecified atom stereocenters. The summed E-state index contributed by atoms with van der Waals surface area (Å²) in [5.41, 5.74) is 1.35. The van der Waals surface area contributed by atoms with E-state index in [1.165, 1.54) is 0 Å². The number of halogens is 1. The Morgan fingerprint density at radius 1 is 0.947 bits per heavy atom. The van der Waals surface area contributed by atoms with Crippen LogP contribution < -0.4 is 4.72 Å². The molecule has 0 aromatic heterocycles. The summed E-state index contributed by atoms with van der Waals surface area (Å²) in [6.07, 6.45) is 1.55. The molecule has 2 aromatic carbocycles. The lowest BCUT2D eigenvalue weighted by Gasteiger charge is -2.06. The van der Waals surface area contributed by atoms with Crippen molar-refractivity contribution in [1.82, 2.24) is 0 Å². The van der Waals surface area contributed by atoms with Gasteiger partial charge in [-0.1, -0.05) is 42.5 Å². The molecular weight excluding hydrogens is 326 g/mol. The first-order valence-electron chi connectivity index (χ1n) is 5.57. The van der Waals surface area contributed by atoms with Crippen LogP contribution in [-0.4, -0.2) is 8.42 Å². The van der Waals surface area contributed by atoms with E-state index in [0.29, 0.717) is 10.2 Å². The van der Waals surface area contributed by atoms with Gasteiger partial charge in [0.15, 0.2) is 0 Å². The monoisotopic (exact) mass is 337 g/mol. The average Bonchev–Trinajstić information content (AvgIpc) is 2.40. The summed E-state index contributed by atoms with van der Waals surface area (Å²) in [7, 11) is -3.52. The van der Waals surface area contributed by atoms with E-state index in [4.69, 9.17) is 0 Å². The molecule has 0 aliphatic rings. The van der Waals surface area contributed by atoms with Gasteiger partial charge < -0.3 is 0 Å². The fraction of sp³-hybridized carbons (Fsp3) is 0. The van der Waals surface area contributed by atoms with Gasteiger partial charge in [-0.25, -0.2) is 8.42 Å². The van der Waals surface area contributed by atoms with E-state index < -0.39 is 10.0 Å². The molecule has 0 amide bonds. The molecule has 0 saturated heterocycles. The predicted octanol–water partition coefficient (Wildman–Crippen LogP) is 3.86. The number of benzene rings is 2. The van der Waals surface area contributed by atoms with Gasteiger partial charge in [0, 0.05) is 4.47 Å². The Hall–Kier alpha value is -1.59. The molecular formula is C14H12BrNO2S. The molecule has 2 aromatic rings. The fourth-order valence-corrected chi connectivity index (χ4v) is 2.87. The van der Waals surface area contributed by atoms with Crippen LogP contribution in [0.3, 0.4) is 0 Å². The molecule has 5 heteroatoms. The highest BCUT2D eigenvalue weighted by Crippen LogP contribution is 2.22. The summed E-state index contributed by atoms with van der Waals surface area (Å²) in [5.74, 6) is 0. The number of anilines is 1. The number of nitrogens with one attached hydrogen (secondary N) is 1. The molecule has 0 spiro atoms.